The number of aromatic nitrogens is 2. The first-order valence-corrected chi connectivity index (χ1v) is 5.52. The molecular formula is C13H12N2O4. The summed E-state index contributed by atoms with van der Waals surface area (Å²) in [4.78, 5) is 23.4. The zero-order valence-corrected chi connectivity index (χ0v) is 10.5. The molecule has 0 aliphatic rings. The molecule has 6 nitrogen and oxygen atoms in total. The van der Waals surface area contributed by atoms with E-state index in [-0.39, 0.29) is 17.1 Å². The summed E-state index contributed by atoms with van der Waals surface area (Å²) < 4.78 is 6.36. The maximum absolute atomic E-state index is 11.8. The van der Waals surface area contributed by atoms with Crippen LogP contribution in [0.3, 0.4) is 0 Å². The lowest BCUT2D eigenvalue weighted by Gasteiger charge is -1.99. The van der Waals surface area contributed by atoms with Crippen molar-refractivity contribution in [2.75, 3.05) is 0 Å². The number of hydrogen-bond acceptors (Lipinski definition) is 5. The number of hydrogen-bond donors (Lipinski definition) is 1. The molecule has 0 aromatic carbocycles. The van der Waals surface area contributed by atoms with E-state index in [0.717, 1.165) is 0 Å². The maximum atomic E-state index is 11.8. The minimum atomic E-state index is -0.849. The molecular weight excluding hydrogens is 248 g/mol. The Bertz CT molecular complexity index is 710. The van der Waals surface area contributed by atoms with Crippen molar-refractivity contribution < 1.29 is 14.3 Å². The molecule has 0 aliphatic heterocycles. The molecule has 0 aliphatic carbocycles. The number of rotatable bonds is 3. The molecule has 19 heavy (non-hydrogen) atoms. The van der Waals surface area contributed by atoms with Gasteiger partial charge in [0, 0.05) is 24.9 Å². The van der Waals surface area contributed by atoms with E-state index in [1.54, 1.807) is 24.1 Å². The largest absolute Gasteiger partial charge is 0.507 e. The molecule has 0 unspecified atom stereocenters. The zero-order valence-electron chi connectivity index (χ0n) is 10.5. The molecule has 2 aromatic heterocycles. The Hall–Kier alpha value is -2.63. The van der Waals surface area contributed by atoms with Crippen molar-refractivity contribution in [1.82, 2.24) is 9.78 Å². The van der Waals surface area contributed by atoms with Crippen molar-refractivity contribution in [3.8, 4) is 5.75 Å². The molecule has 0 saturated carbocycles. The zero-order chi connectivity index (χ0) is 14.0. The molecule has 1 N–H and O–H groups in total. The highest BCUT2D eigenvalue weighted by Gasteiger charge is 2.15. The minimum Gasteiger partial charge on any atom is -0.507 e. The smallest absolute Gasteiger partial charge is 0.351 e. The van der Waals surface area contributed by atoms with Crippen LogP contribution in [-0.2, 0) is 7.05 Å². The monoisotopic (exact) mass is 260 g/mol. The average Bonchev–Trinajstić information content (AvgIpc) is 2.71. The highest BCUT2D eigenvalue weighted by Crippen LogP contribution is 2.15. The summed E-state index contributed by atoms with van der Waals surface area (Å²) in [6.07, 6.45) is 5.98. The summed E-state index contributed by atoms with van der Waals surface area (Å²) >= 11 is 0. The number of aromatic hydroxyl groups is 1. The predicted octanol–water partition coefficient (Wildman–Crippen LogP) is 1.28. The van der Waals surface area contributed by atoms with Gasteiger partial charge < -0.3 is 9.52 Å². The van der Waals surface area contributed by atoms with Crippen LogP contribution in [0.15, 0.2) is 33.7 Å². The maximum Gasteiger partial charge on any atom is 0.351 e. The Morgan fingerprint density at radius 3 is 2.84 bits per heavy atom. The van der Waals surface area contributed by atoms with Gasteiger partial charge in [0.1, 0.15) is 17.1 Å². The minimum absolute atomic E-state index is 0.246. The molecule has 6 heteroatoms. The van der Waals surface area contributed by atoms with Crippen LogP contribution < -0.4 is 5.63 Å². The van der Waals surface area contributed by atoms with E-state index in [9.17, 15) is 14.7 Å². The van der Waals surface area contributed by atoms with Crippen LogP contribution in [0.2, 0.25) is 0 Å². The first-order valence-electron chi connectivity index (χ1n) is 5.52. The van der Waals surface area contributed by atoms with Crippen molar-refractivity contribution >= 4 is 11.9 Å². The summed E-state index contributed by atoms with van der Waals surface area (Å²) in [5, 5.41) is 13.6. The normalized spacial score (nSPS) is 11.1. The van der Waals surface area contributed by atoms with Crippen LogP contribution >= 0.6 is 0 Å². The topological polar surface area (TPSA) is 85.3 Å². The van der Waals surface area contributed by atoms with Crippen molar-refractivity contribution in [3.05, 3.63) is 51.8 Å². The van der Waals surface area contributed by atoms with Crippen LogP contribution in [0.1, 0.15) is 21.7 Å². The number of carbonyl (C=O) groups is 1. The highest BCUT2D eigenvalue weighted by atomic mass is 16.4. The molecule has 0 saturated heterocycles. The van der Waals surface area contributed by atoms with E-state index >= 15 is 0 Å². The third-order valence-electron chi connectivity index (χ3n) is 2.45. The van der Waals surface area contributed by atoms with Gasteiger partial charge in [0.05, 0.1) is 6.20 Å². The molecule has 0 radical (unpaired) electrons. The summed E-state index contributed by atoms with van der Waals surface area (Å²) in [5.74, 6) is -0.750. The third kappa shape index (κ3) is 2.79. The molecule has 2 rings (SSSR count). The van der Waals surface area contributed by atoms with Crippen LogP contribution in [0.5, 0.6) is 5.75 Å². The number of carbonyl (C=O) groups excluding carboxylic acids is 1. The molecule has 2 heterocycles. The van der Waals surface area contributed by atoms with Gasteiger partial charge in [0.15, 0.2) is 5.78 Å². The summed E-state index contributed by atoms with van der Waals surface area (Å²) in [7, 11) is 1.75. The van der Waals surface area contributed by atoms with Crippen LogP contribution in [0.25, 0.3) is 6.08 Å². The van der Waals surface area contributed by atoms with E-state index in [0.29, 0.717) is 5.56 Å². The van der Waals surface area contributed by atoms with Gasteiger partial charge in [-0.25, -0.2) is 4.79 Å². The lowest BCUT2D eigenvalue weighted by Crippen LogP contribution is -2.12. The number of allylic oxidation sites excluding steroid dienone is 1. The fraction of sp³-hybridized carbons (Fsp3) is 0.154. The molecule has 0 atom stereocenters. The fourth-order valence-electron chi connectivity index (χ4n) is 1.60. The van der Waals surface area contributed by atoms with Gasteiger partial charge in [-0.1, -0.05) is 0 Å². The van der Waals surface area contributed by atoms with Crippen molar-refractivity contribution in [1.29, 1.82) is 0 Å². The molecule has 98 valence electrons. The average molecular weight is 260 g/mol. The van der Waals surface area contributed by atoms with Crippen molar-refractivity contribution in [2.45, 2.75) is 6.92 Å². The van der Waals surface area contributed by atoms with Crippen LogP contribution in [0, 0.1) is 6.92 Å². The fourth-order valence-corrected chi connectivity index (χ4v) is 1.60. The van der Waals surface area contributed by atoms with Crippen molar-refractivity contribution in [2.24, 2.45) is 7.05 Å². The second-order valence-electron chi connectivity index (χ2n) is 4.05. The first-order chi connectivity index (χ1) is 8.97. The van der Waals surface area contributed by atoms with Gasteiger partial charge in [-0.05, 0) is 19.1 Å². The summed E-state index contributed by atoms with van der Waals surface area (Å²) in [6, 6.07) is 1.23. The highest BCUT2D eigenvalue weighted by molar-refractivity contribution is 6.08. The Labute approximate surface area is 108 Å². The summed E-state index contributed by atoms with van der Waals surface area (Å²) in [6.45, 7) is 1.51. The number of ketones is 1. The molecule has 0 fully saturated rings. The summed E-state index contributed by atoms with van der Waals surface area (Å²) in [5.41, 5.74) is -0.504. The van der Waals surface area contributed by atoms with Crippen molar-refractivity contribution in [3.63, 3.8) is 0 Å². The molecule has 0 bridgehead atoms. The van der Waals surface area contributed by atoms with Gasteiger partial charge in [-0.2, -0.15) is 5.10 Å². The Morgan fingerprint density at radius 2 is 2.26 bits per heavy atom. The van der Waals surface area contributed by atoms with E-state index in [2.05, 4.69) is 5.10 Å². The first kappa shape index (κ1) is 12.8. The second kappa shape index (κ2) is 4.93. The van der Waals surface area contributed by atoms with Crippen LogP contribution in [-0.4, -0.2) is 20.7 Å². The standard InChI is InChI=1S/C13H12N2O4/c1-8-5-11(17)12(13(18)19-8)10(16)4-3-9-6-14-15(2)7-9/h3-7,17H,1-2H3. The Balaban J connectivity index is 2.31. The Morgan fingerprint density at radius 1 is 1.53 bits per heavy atom. The molecule has 0 amide bonds. The van der Waals surface area contributed by atoms with Gasteiger partial charge in [0.2, 0.25) is 0 Å². The third-order valence-corrected chi connectivity index (χ3v) is 2.45. The molecule has 0 spiro atoms. The predicted molar refractivity (Wildman–Crippen MR) is 68.0 cm³/mol. The van der Waals surface area contributed by atoms with E-state index < -0.39 is 11.4 Å². The SMILES string of the molecule is Cc1cc(O)c(C(=O)C=Cc2cnn(C)c2)c(=O)o1. The van der Waals surface area contributed by atoms with E-state index in [1.165, 1.54) is 25.1 Å². The Kier molecular flexibility index (Phi) is 3.33. The van der Waals surface area contributed by atoms with Gasteiger partial charge in [-0.3, -0.25) is 9.48 Å². The van der Waals surface area contributed by atoms with Gasteiger partial charge in [-0.15, -0.1) is 0 Å². The lowest BCUT2D eigenvalue weighted by molar-refractivity contribution is 0.104. The second-order valence-corrected chi connectivity index (χ2v) is 4.05. The molecule has 2 aromatic rings. The van der Waals surface area contributed by atoms with E-state index in [1.807, 2.05) is 0 Å². The quantitative estimate of drug-likeness (QED) is 0.663. The van der Waals surface area contributed by atoms with Crippen LogP contribution in [0.4, 0.5) is 0 Å². The number of nitrogens with zero attached hydrogens (tertiary/aromatic N) is 2. The number of aryl methyl sites for hydroxylation is 2. The lowest BCUT2D eigenvalue weighted by atomic mass is 10.1. The van der Waals surface area contributed by atoms with Gasteiger partial charge >= 0.3 is 5.63 Å². The van der Waals surface area contributed by atoms with Gasteiger partial charge in [0.25, 0.3) is 0 Å². The van der Waals surface area contributed by atoms with E-state index in [4.69, 9.17) is 4.42 Å².